The number of rotatable bonds is 4. The smallest absolute Gasteiger partial charge is 0.261 e. The van der Waals surface area contributed by atoms with Gasteiger partial charge in [0.05, 0.1) is 9.92 Å². The van der Waals surface area contributed by atoms with Gasteiger partial charge in [-0.05, 0) is 31.0 Å². The standard InChI is InChI=1S/C12H13Cl2NO4S/c13-10-7-9(20(14,17)18)3-4-11(10)19-8-12(16)15-5-1-2-6-15/h3-4,7H,1-2,5-6,8H2. The Morgan fingerprint density at radius 3 is 2.50 bits per heavy atom. The maximum Gasteiger partial charge on any atom is 0.261 e. The van der Waals surface area contributed by atoms with Crippen molar-refractivity contribution in [3.63, 3.8) is 0 Å². The number of carbonyl (C=O) groups is 1. The number of benzene rings is 1. The minimum atomic E-state index is -3.83. The third kappa shape index (κ3) is 3.77. The molecule has 1 amide bonds. The molecule has 5 nitrogen and oxygen atoms in total. The highest BCUT2D eigenvalue weighted by atomic mass is 35.7. The second-order valence-electron chi connectivity index (χ2n) is 4.41. The summed E-state index contributed by atoms with van der Waals surface area (Å²) in [6, 6.07) is 3.86. The van der Waals surface area contributed by atoms with Crippen LogP contribution in [0.3, 0.4) is 0 Å². The van der Waals surface area contributed by atoms with Crippen LogP contribution in [0.1, 0.15) is 12.8 Å². The molecule has 0 saturated carbocycles. The van der Waals surface area contributed by atoms with Crippen molar-refractivity contribution in [1.82, 2.24) is 4.90 Å². The Balaban J connectivity index is 2.01. The SMILES string of the molecule is O=C(COc1ccc(S(=O)(=O)Cl)cc1Cl)N1CCCC1. The Hall–Kier alpha value is -0.980. The van der Waals surface area contributed by atoms with Gasteiger partial charge in [0, 0.05) is 23.8 Å². The number of hydrogen-bond donors (Lipinski definition) is 0. The van der Waals surface area contributed by atoms with E-state index < -0.39 is 9.05 Å². The van der Waals surface area contributed by atoms with E-state index in [2.05, 4.69) is 0 Å². The van der Waals surface area contributed by atoms with Crippen LogP contribution in [0.5, 0.6) is 5.75 Å². The largest absolute Gasteiger partial charge is 0.482 e. The Kier molecular flexibility index (Phi) is 4.78. The predicted octanol–water partition coefficient (Wildman–Crippen LogP) is 2.27. The lowest BCUT2D eigenvalue weighted by Gasteiger charge is -2.16. The molecule has 1 aliphatic heterocycles. The second-order valence-corrected chi connectivity index (χ2v) is 7.38. The van der Waals surface area contributed by atoms with Gasteiger partial charge in [-0.15, -0.1) is 0 Å². The molecule has 0 spiro atoms. The van der Waals surface area contributed by atoms with Gasteiger partial charge in [0.1, 0.15) is 5.75 Å². The summed E-state index contributed by atoms with van der Waals surface area (Å²) in [5, 5.41) is 0.0981. The predicted molar refractivity (Wildman–Crippen MR) is 75.8 cm³/mol. The molecule has 1 aromatic carbocycles. The summed E-state index contributed by atoms with van der Waals surface area (Å²) in [4.78, 5) is 13.4. The minimum absolute atomic E-state index is 0.0981. The number of ether oxygens (including phenoxy) is 1. The molecule has 0 atom stereocenters. The lowest BCUT2D eigenvalue weighted by atomic mass is 10.3. The number of carbonyl (C=O) groups excluding carboxylic acids is 1. The zero-order valence-electron chi connectivity index (χ0n) is 10.5. The highest BCUT2D eigenvalue weighted by Crippen LogP contribution is 2.28. The highest BCUT2D eigenvalue weighted by Gasteiger charge is 2.19. The van der Waals surface area contributed by atoms with E-state index in [1.807, 2.05) is 0 Å². The third-order valence-corrected chi connectivity index (χ3v) is 4.64. The fourth-order valence-corrected chi connectivity index (χ4v) is 3.02. The molecule has 0 unspecified atom stereocenters. The highest BCUT2D eigenvalue weighted by molar-refractivity contribution is 8.13. The maximum atomic E-state index is 11.8. The van der Waals surface area contributed by atoms with E-state index in [-0.39, 0.29) is 28.2 Å². The third-order valence-electron chi connectivity index (χ3n) is 2.99. The molecule has 2 rings (SSSR count). The van der Waals surface area contributed by atoms with Gasteiger partial charge < -0.3 is 9.64 Å². The molecule has 1 aliphatic rings. The lowest BCUT2D eigenvalue weighted by Crippen LogP contribution is -2.32. The quantitative estimate of drug-likeness (QED) is 0.790. The lowest BCUT2D eigenvalue weighted by molar-refractivity contribution is -0.132. The summed E-state index contributed by atoms with van der Waals surface area (Å²) >= 11 is 5.91. The number of likely N-dealkylation sites (tertiary alicyclic amines) is 1. The Morgan fingerprint density at radius 2 is 1.95 bits per heavy atom. The van der Waals surface area contributed by atoms with Gasteiger partial charge >= 0.3 is 0 Å². The topological polar surface area (TPSA) is 63.7 Å². The van der Waals surface area contributed by atoms with Crippen molar-refractivity contribution in [2.24, 2.45) is 0 Å². The summed E-state index contributed by atoms with van der Waals surface area (Å²) in [6.07, 6.45) is 2.02. The molecule has 1 heterocycles. The molecule has 8 heteroatoms. The molecule has 0 radical (unpaired) electrons. The van der Waals surface area contributed by atoms with Gasteiger partial charge in [-0.3, -0.25) is 4.79 Å². The van der Waals surface area contributed by atoms with Crippen LogP contribution in [0, 0.1) is 0 Å². The van der Waals surface area contributed by atoms with E-state index in [0.29, 0.717) is 0 Å². The average Bonchev–Trinajstić information content (AvgIpc) is 2.89. The molecule has 1 fully saturated rings. The minimum Gasteiger partial charge on any atom is -0.482 e. The summed E-state index contributed by atoms with van der Waals surface area (Å²) in [6.45, 7) is 1.38. The van der Waals surface area contributed by atoms with Crippen LogP contribution in [-0.4, -0.2) is 38.9 Å². The van der Waals surface area contributed by atoms with Crippen LogP contribution in [0.15, 0.2) is 23.1 Å². The van der Waals surface area contributed by atoms with E-state index in [1.165, 1.54) is 18.2 Å². The summed E-state index contributed by atoms with van der Waals surface area (Å²) < 4.78 is 27.6. The van der Waals surface area contributed by atoms with E-state index in [0.717, 1.165) is 25.9 Å². The summed E-state index contributed by atoms with van der Waals surface area (Å²) in [5.41, 5.74) is 0. The van der Waals surface area contributed by atoms with E-state index in [9.17, 15) is 13.2 Å². The van der Waals surface area contributed by atoms with Crippen molar-refractivity contribution in [2.75, 3.05) is 19.7 Å². The Morgan fingerprint density at radius 1 is 1.30 bits per heavy atom. The van der Waals surface area contributed by atoms with E-state index in [1.54, 1.807) is 4.90 Å². The van der Waals surface area contributed by atoms with Gasteiger partial charge in [-0.25, -0.2) is 8.42 Å². The molecule has 0 bridgehead atoms. The van der Waals surface area contributed by atoms with Crippen molar-refractivity contribution < 1.29 is 17.9 Å². The average molecular weight is 338 g/mol. The molecular formula is C12H13Cl2NO4S. The molecule has 1 saturated heterocycles. The molecule has 1 aromatic rings. The van der Waals surface area contributed by atoms with Gasteiger partial charge in [0.2, 0.25) is 0 Å². The number of nitrogens with zero attached hydrogens (tertiary/aromatic N) is 1. The molecular weight excluding hydrogens is 325 g/mol. The molecule has 0 aromatic heterocycles. The number of halogens is 2. The first kappa shape index (κ1) is 15.4. The van der Waals surface area contributed by atoms with Crippen LogP contribution in [-0.2, 0) is 13.8 Å². The zero-order valence-corrected chi connectivity index (χ0v) is 12.8. The second kappa shape index (κ2) is 6.20. The van der Waals surface area contributed by atoms with Crippen molar-refractivity contribution in [1.29, 1.82) is 0 Å². The van der Waals surface area contributed by atoms with Crippen LogP contribution >= 0.6 is 22.3 Å². The van der Waals surface area contributed by atoms with Crippen LogP contribution < -0.4 is 4.74 Å². The molecule has 0 N–H and O–H groups in total. The molecule has 20 heavy (non-hydrogen) atoms. The first-order chi connectivity index (χ1) is 9.38. The van der Waals surface area contributed by atoms with Gasteiger partial charge in [-0.1, -0.05) is 11.6 Å². The fourth-order valence-electron chi connectivity index (χ4n) is 1.95. The Labute approximate surface area is 126 Å². The van der Waals surface area contributed by atoms with Crippen molar-refractivity contribution in [3.05, 3.63) is 23.2 Å². The number of hydrogen-bond acceptors (Lipinski definition) is 4. The van der Waals surface area contributed by atoms with Gasteiger partial charge in [0.15, 0.2) is 6.61 Å². The normalized spacial score (nSPS) is 15.4. The summed E-state index contributed by atoms with van der Waals surface area (Å²) in [5.74, 6) is 0.149. The van der Waals surface area contributed by atoms with Gasteiger partial charge in [0.25, 0.3) is 15.0 Å². The fraction of sp³-hybridized carbons (Fsp3) is 0.417. The number of amides is 1. The van der Waals surface area contributed by atoms with E-state index >= 15 is 0 Å². The van der Waals surface area contributed by atoms with Crippen LogP contribution in [0.4, 0.5) is 0 Å². The van der Waals surface area contributed by atoms with Crippen molar-refractivity contribution >= 4 is 37.2 Å². The van der Waals surface area contributed by atoms with E-state index in [4.69, 9.17) is 27.0 Å². The molecule has 110 valence electrons. The van der Waals surface area contributed by atoms with Crippen LogP contribution in [0.25, 0.3) is 0 Å². The van der Waals surface area contributed by atoms with Crippen molar-refractivity contribution in [2.45, 2.75) is 17.7 Å². The first-order valence-electron chi connectivity index (χ1n) is 6.03. The maximum absolute atomic E-state index is 11.8. The zero-order chi connectivity index (χ0) is 14.8. The van der Waals surface area contributed by atoms with Gasteiger partial charge in [-0.2, -0.15) is 0 Å². The summed E-state index contributed by atoms with van der Waals surface area (Å²) in [7, 11) is 1.38. The monoisotopic (exact) mass is 337 g/mol. The van der Waals surface area contributed by atoms with Crippen LogP contribution in [0.2, 0.25) is 5.02 Å². The first-order valence-corrected chi connectivity index (χ1v) is 8.71. The molecule has 0 aliphatic carbocycles. The van der Waals surface area contributed by atoms with Crippen molar-refractivity contribution in [3.8, 4) is 5.75 Å². The Bertz CT molecular complexity index is 612.